The molecule has 1 aliphatic carbocycles. The van der Waals surface area contributed by atoms with Gasteiger partial charge in [0.25, 0.3) is 0 Å². The number of hydrogen-bond acceptors (Lipinski definition) is 5. The lowest BCUT2D eigenvalue weighted by Crippen LogP contribution is -2.38. The molecule has 3 aromatic rings. The van der Waals surface area contributed by atoms with Crippen LogP contribution in [0.15, 0.2) is 66.9 Å². The van der Waals surface area contributed by atoms with Crippen LogP contribution in [0.4, 0.5) is 10.6 Å². The lowest BCUT2D eigenvalue weighted by atomic mass is 9.98. The quantitative estimate of drug-likeness (QED) is 0.639. The van der Waals surface area contributed by atoms with Crippen molar-refractivity contribution in [3.63, 3.8) is 0 Å². The molecule has 2 aliphatic rings. The molecule has 2 heterocycles. The number of anilines is 1. The number of aromatic carboxylic acids is 1. The third kappa shape index (κ3) is 3.66. The zero-order valence-corrected chi connectivity index (χ0v) is 17.4. The van der Waals surface area contributed by atoms with Crippen LogP contribution in [0.3, 0.4) is 0 Å². The van der Waals surface area contributed by atoms with Crippen LogP contribution < -0.4 is 10.2 Å². The Morgan fingerprint density at radius 1 is 1.03 bits per heavy atom. The minimum absolute atomic E-state index is 0.0138. The topological polar surface area (TPSA) is 91.8 Å². The predicted molar refractivity (Wildman–Crippen MR) is 120 cm³/mol. The maximum absolute atomic E-state index is 12.5. The summed E-state index contributed by atoms with van der Waals surface area (Å²) in [5.74, 6) is -0.572. The lowest BCUT2D eigenvalue weighted by Gasteiger charge is -2.20. The van der Waals surface area contributed by atoms with Crippen molar-refractivity contribution < 1.29 is 19.4 Å². The number of pyridine rings is 1. The average Bonchev–Trinajstić information content (AvgIpc) is 3.40. The second kappa shape index (κ2) is 8.34. The van der Waals surface area contributed by atoms with Gasteiger partial charge >= 0.3 is 12.1 Å². The zero-order valence-electron chi connectivity index (χ0n) is 17.4. The second-order valence-corrected chi connectivity index (χ2v) is 8.08. The number of rotatable bonds is 5. The van der Waals surface area contributed by atoms with Gasteiger partial charge in [0.2, 0.25) is 0 Å². The van der Waals surface area contributed by atoms with E-state index in [1.807, 2.05) is 29.2 Å². The normalized spacial score (nSPS) is 17.0. The maximum atomic E-state index is 12.5. The van der Waals surface area contributed by atoms with E-state index in [1.165, 1.54) is 28.3 Å². The predicted octanol–water partition coefficient (Wildman–Crippen LogP) is 3.90. The summed E-state index contributed by atoms with van der Waals surface area (Å²) in [7, 11) is 0. The minimum Gasteiger partial charge on any atom is -0.478 e. The van der Waals surface area contributed by atoms with Gasteiger partial charge < -0.3 is 20.1 Å². The first kappa shape index (κ1) is 20.1. The Morgan fingerprint density at radius 2 is 1.72 bits per heavy atom. The Morgan fingerprint density at radius 3 is 2.41 bits per heavy atom. The van der Waals surface area contributed by atoms with Gasteiger partial charge in [0.15, 0.2) is 0 Å². The Kier molecular flexibility index (Phi) is 5.23. The highest BCUT2D eigenvalue weighted by molar-refractivity contribution is 5.93. The summed E-state index contributed by atoms with van der Waals surface area (Å²) in [6.07, 6.45) is 1.81. The number of carboxylic acids is 1. The van der Waals surface area contributed by atoms with E-state index in [0.717, 1.165) is 0 Å². The SMILES string of the molecule is O=C(N[C@H]1CCN(c2ncccc2C(=O)O)C1)OCC1c2ccccc2-c2ccccc21. The molecule has 1 saturated heterocycles. The van der Waals surface area contributed by atoms with Gasteiger partial charge in [-0.1, -0.05) is 48.5 Å². The highest BCUT2D eigenvalue weighted by atomic mass is 16.5. The Bertz CT molecular complexity index is 1130. The fraction of sp³-hybridized carbons (Fsp3) is 0.240. The molecule has 0 saturated carbocycles. The zero-order chi connectivity index (χ0) is 22.1. The number of amides is 1. The Balaban J connectivity index is 1.21. The van der Waals surface area contributed by atoms with E-state index in [0.29, 0.717) is 25.3 Å². The molecule has 0 spiro atoms. The van der Waals surface area contributed by atoms with Gasteiger partial charge in [-0.05, 0) is 40.8 Å². The third-order valence-electron chi connectivity index (χ3n) is 6.17. The maximum Gasteiger partial charge on any atom is 0.407 e. The summed E-state index contributed by atoms with van der Waals surface area (Å²) in [5.41, 5.74) is 4.88. The molecule has 1 amide bonds. The highest BCUT2D eigenvalue weighted by Gasteiger charge is 2.31. The largest absolute Gasteiger partial charge is 0.478 e. The lowest BCUT2D eigenvalue weighted by molar-refractivity contribution is 0.0697. The third-order valence-corrected chi connectivity index (χ3v) is 6.17. The number of carbonyl (C=O) groups is 2. The summed E-state index contributed by atoms with van der Waals surface area (Å²) in [6, 6.07) is 19.5. The number of ether oxygens (including phenoxy) is 1. The van der Waals surface area contributed by atoms with E-state index < -0.39 is 12.1 Å². The van der Waals surface area contributed by atoms with Crippen LogP contribution >= 0.6 is 0 Å². The molecule has 0 radical (unpaired) electrons. The molecule has 7 nitrogen and oxygen atoms in total. The van der Waals surface area contributed by atoms with Crippen LogP contribution in [0.25, 0.3) is 11.1 Å². The van der Waals surface area contributed by atoms with Crippen LogP contribution in [0.2, 0.25) is 0 Å². The van der Waals surface area contributed by atoms with Crippen LogP contribution in [-0.2, 0) is 4.74 Å². The van der Waals surface area contributed by atoms with Crippen molar-refractivity contribution in [2.45, 2.75) is 18.4 Å². The fourth-order valence-electron chi connectivity index (χ4n) is 4.69. The van der Waals surface area contributed by atoms with Gasteiger partial charge in [-0.15, -0.1) is 0 Å². The van der Waals surface area contributed by atoms with Gasteiger partial charge in [-0.25, -0.2) is 14.6 Å². The molecule has 1 atom stereocenters. The van der Waals surface area contributed by atoms with E-state index in [-0.39, 0.29) is 24.1 Å². The van der Waals surface area contributed by atoms with Crippen molar-refractivity contribution in [2.75, 3.05) is 24.6 Å². The van der Waals surface area contributed by atoms with Crippen molar-refractivity contribution in [1.29, 1.82) is 0 Å². The van der Waals surface area contributed by atoms with Gasteiger partial charge in [-0.2, -0.15) is 0 Å². The summed E-state index contributed by atoms with van der Waals surface area (Å²) in [6.45, 7) is 1.37. The average molecular weight is 429 g/mol. The highest BCUT2D eigenvalue weighted by Crippen LogP contribution is 2.44. The molecule has 162 valence electrons. The smallest absolute Gasteiger partial charge is 0.407 e. The molecule has 2 N–H and O–H groups in total. The van der Waals surface area contributed by atoms with Gasteiger partial charge in [0.05, 0.1) is 6.04 Å². The second-order valence-electron chi connectivity index (χ2n) is 8.08. The van der Waals surface area contributed by atoms with Crippen LogP contribution in [0, 0.1) is 0 Å². The number of nitrogens with one attached hydrogen (secondary N) is 1. The van der Waals surface area contributed by atoms with E-state index in [4.69, 9.17) is 4.74 Å². The van der Waals surface area contributed by atoms with Gasteiger partial charge in [0, 0.05) is 25.2 Å². The van der Waals surface area contributed by atoms with Crippen molar-refractivity contribution in [3.05, 3.63) is 83.6 Å². The number of carbonyl (C=O) groups excluding carboxylic acids is 1. The molecule has 5 rings (SSSR count). The van der Waals surface area contributed by atoms with Crippen LogP contribution in [0.1, 0.15) is 33.8 Å². The van der Waals surface area contributed by atoms with Gasteiger partial charge in [0.1, 0.15) is 18.0 Å². The van der Waals surface area contributed by atoms with Crippen molar-refractivity contribution in [3.8, 4) is 11.1 Å². The molecule has 1 aliphatic heterocycles. The van der Waals surface area contributed by atoms with Crippen molar-refractivity contribution in [2.24, 2.45) is 0 Å². The number of alkyl carbamates (subject to hydrolysis) is 1. The van der Waals surface area contributed by atoms with Crippen molar-refractivity contribution in [1.82, 2.24) is 10.3 Å². The standard InChI is InChI=1S/C25H23N3O4/c29-24(30)21-10-5-12-26-23(21)28-13-11-16(14-28)27-25(31)32-15-22-19-8-3-1-6-17(19)18-7-2-4-9-20(18)22/h1-10,12,16,22H,11,13-15H2,(H,27,31)(H,29,30)/t16-/m0/s1. The molecular formula is C25H23N3O4. The van der Waals surface area contributed by atoms with Crippen LogP contribution in [-0.4, -0.2) is 47.9 Å². The molecule has 32 heavy (non-hydrogen) atoms. The summed E-state index contributed by atoms with van der Waals surface area (Å²) >= 11 is 0. The molecule has 7 heteroatoms. The van der Waals surface area contributed by atoms with E-state index in [1.54, 1.807) is 12.3 Å². The number of benzene rings is 2. The summed E-state index contributed by atoms with van der Waals surface area (Å²) in [4.78, 5) is 30.1. The van der Waals surface area contributed by atoms with Crippen molar-refractivity contribution >= 4 is 17.9 Å². The van der Waals surface area contributed by atoms with E-state index in [9.17, 15) is 14.7 Å². The number of hydrogen-bond donors (Lipinski definition) is 2. The van der Waals surface area contributed by atoms with E-state index >= 15 is 0 Å². The molecule has 0 bridgehead atoms. The summed E-state index contributed by atoms with van der Waals surface area (Å²) < 4.78 is 5.63. The molecule has 1 aromatic heterocycles. The van der Waals surface area contributed by atoms with Crippen LogP contribution in [0.5, 0.6) is 0 Å². The first-order chi connectivity index (χ1) is 15.6. The first-order valence-electron chi connectivity index (χ1n) is 10.7. The number of fused-ring (bicyclic) bond motifs is 3. The molecular weight excluding hydrogens is 406 g/mol. The molecule has 1 fully saturated rings. The fourth-order valence-corrected chi connectivity index (χ4v) is 4.69. The first-order valence-corrected chi connectivity index (χ1v) is 10.7. The molecule has 2 aromatic carbocycles. The van der Waals surface area contributed by atoms with E-state index in [2.05, 4.69) is 34.6 Å². The Labute approximate surface area is 185 Å². The monoisotopic (exact) mass is 429 g/mol. The minimum atomic E-state index is -1.01. The number of aromatic nitrogens is 1. The number of carboxylic acid groups (broad SMARTS) is 1. The van der Waals surface area contributed by atoms with Gasteiger partial charge in [-0.3, -0.25) is 0 Å². The molecule has 0 unspecified atom stereocenters. The number of nitrogens with zero attached hydrogens (tertiary/aromatic N) is 2. The summed E-state index contributed by atoms with van der Waals surface area (Å²) in [5, 5.41) is 12.3. The Hall–Kier alpha value is -3.87.